The maximum atomic E-state index is 13.0. The molecule has 0 bridgehead atoms. The highest BCUT2D eigenvalue weighted by Gasteiger charge is 2.10. The van der Waals surface area contributed by atoms with E-state index < -0.39 is 0 Å². The van der Waals surface area contributed by atoms with Crippen LogP contribution in [0.25, 0.3) is 0 Å². The van der Waals surface area contributed by atoms with Crippen molar-refractivity contribution in [2.45, 2.75) is 13.0 Å². The van der Waals surface area contributed by atoms with Crippen molar-refractivity contribution in [3.8, 4) is 0 Å². The van der Waals surface area contributed by atoms with Gasteiger partial charge in [0.1, 0.15) is 5.82 Å². The fourth-order valence-corrected chi connectivity index (χ4v) is 2.66. The van der Waals surface area contributed by atoms with Crippen molar-refractivity contribution >= 4 is 28.5 Å². The van der Waals surface area contributed by atoms with E-state index in [1.54, 1.807) is 0 Å². The summed E-state index contributed by atoms with van der Waals surface area (Å²) in [5.74, 6) is -0.545. The molecule has 5 heteroatoms. The van der Waals surface area contributed by atoms with E-state index in [-0.39, 0.29) is 11.7 Å². The monoisotopic (exact) mass is 398 g/mol. The molecule has 2 rings (SSSR count). The third-order valence-corrected chi connectivity index (χ3v) is 3.98. The molecule has 0 atom stereocenters. The first-order valence-corrected chi connectivity index (χ1v) is 7.69. The van der Waals surface area contributed by atoms with Crippen LogP contribution in [0.4, 0.5) is 4.39 Å². The molecule has 3 nitrogen and oxygen atoms in total. The highest BCUT2D eigenvalue weighted by Crippen LogP contribution is 2.14. The fraction of sp³-hybridized carbons (Fsp3) is 0.188. The number of rotatable bonds is 5. The molecule has 0 spiro atoms. The summed E-state index contributed by atoms with van der Waals surface area (Å²) >= 11 is 1.96. The van der Waals surface area contributed by atoms with Crippen molar-refractivity contribution in [1.29, 1.82) is 0 Å². The molecule has 0 radical (unpaired) electrons. The topological polar surface area (TPSA) is 55.1 Å². The lowest BCUT2D eigenvalue weighted by Gasteiger charge is -2.08. The first-order chi connectivity index (χ1) is 10.1. The van der Waals surface area contributed by atoms with Crippen molar-refractivity contribution < 1.29 is 9.18 Å². The number of hydrogen-bond acceptors (Lipinski definition) is 2. The summed E-state index contributed by atoms with van der Waals surface area (Å²) in [5.41, 5.74) is 8.18. The van der Waals surface area contributed by atoms with E-state index in [0.717, 1.165) is 12.0 Å². The maximum Gasteiger partial charge on any atom is 0.252 e. The molecule has 0 saturated heterocycles. The number of nitrogens with one attached hydrogen (secondary N) is 1. The van der Waals surface area contributed by atoms with Crippen molar-refractivity contribution in [2.75, 3.05) is 6.54 Å². The van der Waals surface area contributed by atoms with Crippen LogP contribution in [0.5, 0.6) is 0 Å². The summed E-state index contributed by atoms with van der Waals surface area (Å²) in [5, 5.41) is 2.84. The molecule has 1 amide bonds. The predicted molar refractivity (Wildman–Crippen MR) is 89.5 cm³/mol. The zero-order valence-electron chi connectivity index (χ0n) is 11.4. The lowest BCUT2D eigenvalue weighted by Crippen LogP contribution is -2.23. The predicted octanol–water partition coefficient (Wildman–Crippen LogP) is 2.86. The van der Waals surface area contributed by atoms with Gasteiger partial charge in [0.15, 0.2) is 0 Å². The molecule has 2 aromatic carbocycles. The maximum absolute atomic E-state index is 13.0. The van der Waals surface area contributed by atoms with Crippen LogP contribution in [0.15, 0.2) is 42.5 Å². The summed E-state index contributed by atoms with van der Waals surface area (Å²) in [7, 11) is 0. The van der Waals surface area contributed by atoms with E-state index in [1.165, 1.54) is 23.8 Å². The van der Waals surface area contributed by atoms with Crippen molar-refractivity contribution in [3.05, 3.63) is 68.5 Å². The molecule has 0 saturated carbocycles. The van der Waals surface area contributed by atoms with E-state index in [9.17, 15) is 9.18 Å². The van der Waals surface area contributed by atoms with Gasteiger partial charge in [-0.2, -0.15) is 0 Å². The van der Waals surface area contributed by atoms with Crippen molar-refractivity contribution in [3.63, 3.8) is 0 Å². The number of hydrogen-bond donors (Lipinski definition) is 2. The van der Waals surface area contributed by atoms with E-state index in [4.69, 9.17) is 5.73 Å². The third kappa shape index (κ3) is 4.50. The Bertz CT molecular complexity index is 629. The van der Waals surface area contributed by atoms with Gasteiger partial charge >= 0.3 is 0 Å². The Morgan fingerprint density at radius 3 is 2.43 bits per heavy atom. The Kier molecular flexibility index (Phi) is 5.69. The molecule has 0 aliphatic heterocycles. The summed E-state index contributed by atoms with van der Waals surface area (Å²) in [6.07, 6.45) is 0.848. The summed E-state index contributed by atoms with van der Waals surface area (Å²) in [4.78, 5) is 12.1. The van der Waals surface area contributed by atoms with Crippen LogP contribution >= 0.6 is 22.6 Å². The molecular weight excluding hydrogens is 382 g/mol. The van der Waals surface area contributed by atoms with Crippen molar-refractivity contribution in [1.82, 2.24) is 5.32 Å². The van der Waals surface area contributed by atoms with Crippen LogP contribution in [-0.2, 0) is 13.0 Å². The molecule has 0 aromatic heterocycles. The molecule has 3 N–H and O–H groups in total. The number of halogens is 2. The third-order valence-electron chi connectivity index (χ3n) is 3.08. The molecule has 2 aromatic rings. The van der Waals surface area contributed by atoms with Gasteiger partial charge in [-0.15, -0.1) is 0 Å². The van der Waals surface area contributed by atoms with E-state index in [1.807, 2.05) is 46.9 Å². The zero-order chi connectivity index (χ0) is 15.2. The van der Waals surface area contributed by atoms with Gasteiger partial charge in [-0.05, 0) is 64.9 Å². The van der Waals surface area contributed by atoms with Gasteiger partial charge in [-0.25, -0.2) is 4.39 Å². The second-order valence-electron chi connectivity index (χ2n) is 4.66. The van der Waals surface area contributed by atoms with Crippen LogP contribution in [-0.4, -0.2) is 12.5 Å². The van der Waals surface area contributed by atoms with Crippen LogP contribution in [0.2, 0.25) is 0 Å². The number of nitrogens with two attached hydrogens (primary N) is 1. The summed E-state index contributed by atoms with van der Waals surface area (Å²) < 4.78 is 13.6. The Balaban J connectivity index is 1.97. The second-order valence-corrected chi connectivity index (χ2v) is 5.82. The SMILES string of the molecule is NCCc1ccc(CNC(=O)c2ccc(F)cc2I)cc1. The van der Waals surface area contributed by atoms with Gasteiger partial charge in [-0.3, -0.25) is 4.79 Å². The lowest BCUT2D eigenvalue weighted by molar-refractivity contribution is 0.0950. The van der Waals surface area contributed by atoms with Crippen LogP contribution < -0.4 is 11.1 Å². The Morgan fingerprint density at radius 1 is 1.14 bits per heavy atom. The fourth-order valence-electron chi connectivity index (χ4n) is 1.94. The van der Waals surface area contributed by atoms with E-state index >= 15 is 0 Å². The van der Waals surface area contributed by atoms with E-state index in [0.29, 0.717) is 22.2 Å². The summed E-state index contributed by atoms with van der Waals surface area (Å²) in [6, 6.07) is 12.1. The summed E-state index contributed by atoms with van der Waals surface area (Å²) in [6.45, 7) is 1.06. The largest absolute Gasteiger partial charge is 0.348 e. The smallest absolute Gasteiger partial charge is 0.252 e. The highest BCUT2D eigenvalue weighted by molar-refractivity contribution is 14.1. The molecule has 0 aliphatic carbocycles. The molecule has 0 fully saturated rings. The Morgan fingerprint density at radius 2 is 1.81 bits per heavy atom. The minimum absolute atomic E-state index is 0.203. The Hall–Kier alpha value is -1.47. The van der Waals surface area contributed by atoms with Gasteiger partial charge in [-0.1, -0.05) is 24.3 Å². The van der Waals surface area contributed by atoms with Gasteiger partial charge in [0.25, 0.3) is 5.91 Å². The average Bonchev–Trinajstić information content (AvgIpc) is 2.46. The van der Waals surface area contributed by atoms with Crippen LogP contribution in [0.3, 0.4) is 0 Å². The van der Waals surface area contributed by atoms with Gasteiger partial charge in [0.2, 0.25) is 0 Å². The number of amides is 1. The highest BCUT2D eigenvalue weighted by atomic mass is 127. The molecule has 0 unspecified atom stereocenters. The first kappa shape index (κ1) is 15.9. The molecular formula is C16H16FIN2O. The minimum atomic E-state index is -0.341. The molecule has 21 heavy (non-hydrogen) atoms. The van der Waals surface area contributed by atoms with Crippen LogP contribution in [0, 0.1) is 9.39 Å². The quantitative estimate of drug-likeness (QED) is 0.762. The zero-order valence-corrected chi connectivity index (χ0v) is 13.6. The lowest BCUT2D eigenvalue weighted by atomic mass is 10.1. The number of carbonyl (C=O) groups excluding carboxylic acids is 1. The number of benzene rings is 2. The number of carbonyl (C=O) groups is 1. The first-order valence-electron chi connectivity index (χ1n) is 6.61. The molecule has 110 valence electrons. The van der Waals surface area contributed by atoms with E-state index in [2.05, 4.69) is 5.32 Å². The van der Waals surface area contributed by atoms with Crippen LogP contribution in [0.1, 0.15) is 21.5 Å². The van der Waals surface area contributed by atoms with Crippen molar-refractivity contribution in [2.24, 2.45) is 5.73 Å². The van der Waals surface area contributed by atoms with Gasteiger partial charge in [0, 0.05) is 10.1 Å². The second kappa shape index (κ2) is 7.51. The van der Waals surface area contributed by atoms with Gasteiger partial charge in [0.05, 0.1) is 5.56 Å². The molecule has 0 heterocycles. The normalized spacial score (nSPS) is 10.4. The standard InChI is InChI=1S/C16H16FIN2O/c17-13-5-6-14(15(18)9-13)16(21)20-10-12-3-1-11(2-4-12)7-8-19/h1-6,9H,7-8,10,19H2,(H,20,21). The minimum Gasteiger partial charge on any atom is -0.348 e. The average molecular weight is 398 g/mol. The Labute approximate surface area is 136 Å². The molecule has 0 aliphatic rings. The van der Waals surface area contributed by atoms with Gasteiger partial charge < -0.3 is 11.1 Å².